The van der Waals surface area contributed by atoms with E-state index in [1.165, 1.54) is 18.2 Å². The molecule has 0 saturated heterocycles. The predicted molar refractivity (Wildman–Crippen MR) is 54.2 cm³/mol. The number of sulfonamides is 1. The lowest BCUT2D eigenvalue weighted by Gasteiger charge is -2.08. The first-order valence-electron chi connectivity index (χ1n) is 4.21. The van der Waals surface area contributed by atoms with Crippen molar-refractivity contribution < 1.29 is 12.8 Å². The number of rotatable bonds is 3. The van der Waals surface area contributed by atoms with Crippen molar-refractivity contribution in [3.05, 3.63) is 29.6 Å². The molecule has 0 saturated carbocycles. The first kappa shape index (κ1) is 11.0. The maximum atomic E-state index is 12.7. The Hall–Kier alpha value is -1.10. The van der Waals surface area contributed by atoms with E-state index in [4.69, 9.17) is 0 Å². The fourth-order valence-electron chi connectivity index (χ4n) is 0.981. The van der Waals surface area contributed by atoms with Crippen LogP contribution in [-0.2, 0) is 10.0 Å². The van der Waals surface area contributed by atoms with Gasteiger partial charge in [0.05, 0.1) is 11.4 Å². The Morgan fingerprint density at radius 3 is 2.57 bits per heavy atom. The van der Waals surface area contributed by atoms with E-state index in [-0.39, 0.29) is 11.6 Å². The normalized spacial score (nSPS) is 11.4. The van der Waals surface area contributed by atoms with Crippen molar-refractivity contribution in [2.45, 2.75) is 13.8 Å². The first-order chi connectivity index (χ1) is 6.44. The van der Waals surface area contributed by atoms with E-state index in [9.17, 15) is 12.8 Å². The summed E-state index contributed by atoms with van der Waals surface area (Å²) in [5.74, 6) is -0.369. The van der Waals surface area contributed by atoms with E-state index in [0.29, 0.717) is 11.3 Å². The average molecular weight is 217 g/mol. The van der Waals surface area contributed by atoms with Gasteiger partial charge in [0.2, 0.25) is 10.0 Å². The van der Waals surface area contributed by atoms with E-state index in [0.717, 1.165) is 0 Å². The van der Waals surface area contributed by atoms with Crippen molar-refractivity contribution in [1.82, 2.24) is 0 Å². The van der Waals surface area contributed by atoms with E-state index < -0.39 is 10.0 Å². The lowest BCUT2D eigenvalue weighted by atomic mass is 10.2. The fourth-order valence-corrected chi connectivity index (χ4v) is 1.69. The molecule has 78 valence electrons. The SMILES string of the molecule is CCS(=O)(=O)Nc1ccc(F)cc1C. The molecule has 14 heavy (non-hydrogen) atoms. The molecule has 0 heterocycles. The maximum Gasteiger partial charge on any atom is 0.232 e. The molecule has 0 atom stereocenters. The van der Waals surface area contributed by atoms with Gasteiger partial charge in [0.1, 0.15) is 5.82 Å². The summed E-state index contributed by atoms with van der Waals surface area (Å²) >= 11 is 0. The summed E-state index contributed by atoms with van der Waals surface area (Å²) in [5, 5.41) is 0. The van der Waals surface area contributed by atoms with Crippen LogP contribution in [0.4, 0.5) is 10.1 Å². The Balaban J connectivity index is 2.99. The zero-order chi connectivity index (χ0) is 10.8. The number of halogens is 1. The molecule has 0 aliphatic carbocycles. The van der Waals surface area contributed by atoms with Crippen LogP contribution in [0.2, 0.25) is 0 Å². The number of aryl methyl sites for hydroxylation is 1. The summed E-state index contributed by atoms with van der Waals surface area (Å²) in [6.45, 7) is 3.19. The van der Waals surface area contributed by atoms with Crippen molar-refractivity contribution in [2.24, 2.45) is 0 Å². The van der Waals surface area contributed by atoms with Gasteiger partial charge in [-0.2, -0.15) is 0 Å². The molecule has 0 amide bonds. The Kier molecular flexibility index (Phi) is 3.10. The van der Waals surface area contributed by atoms with Gasteiger partial charge in [0.15, 0.2) is 0 Å². The molecule has 0 aliphatic rings. The third kappa shape index (κ3) is 2.70. The van der Waals surface area contributed by atoms with Crippen molar-refractivity contribution in [3.8, 4) is 0 Å². The largest absolute Gasteiger partial charge is 0.283 e. The summed E-state index contributed by atoms with van der Waals surface area (Å²) in [4.78, 5) is 0. The summed E-state index contributed by atoms with van der Waals surface area (Å²) in [6.07, 6.45) is 0. The predicted octanol–water partition coefficient (Wildman–Crippen LogP) is 1.90. The smallest absolute Gasteiger partial charge is 0.232 e. The van der Waals surface area contributed by atoms with Crippen LogP contribution in [0.25, 0.3) is 0 Å². The molecule has 0 fully saturated rings. The highest BCUT2D eigenvalue weighted by Gasteiger charge is 2.08. The summed E-state index contributed by atoms with van der Waals surface area (Å²) in [5.41, 5.74) is 0.996. The van der Waals surface area contributed by atoms with Gasteiger partial charge in [-0.05, 0) is 37.6 Å². The highest BCUT2D eigenvalue weighted by molar-refractivity contribution is 7.92. The highest BCUT2D eigenvalue weighted by atomic mass is 32.2. The Morgan fingerprint density at radius 2 is 2.07 bits per heavy atom. The Labute approximate surface area is 83.0 Å². The second kappa shape index (κ2) is 3.96. The lowest BCUT2D eigenvalue weighted by molar-refractivity contribution is 0.602. The van der Waals surface area contributed by atoms with Gasteiger partial charge < -0.3 is 0 Å². The molecule has 1 aromatic rings. The van der Waals surface area contributed by atoms with Gasteiger partial charge in [-0.15, -0.1) is 0 Å². The van der Waals surface area contributed by atoms with Crippen LogP contribution >= 0.6 is 0 Å². The summed E-state index contributed by atoms with van der Waals surface area (Å²) in [7, 11) is -3.28. The molecular weight excluding hydrogens is 205 g/mol. The van der Waals surface area contributed by atoms with Gasteiger partial charge in [-0.25, -0.2) is 12.8 Å². The topological polar surface area (TPSA) is 46.2 Å². The number of hydrogen-bond acceptors (Lipinski definition) is 2. The van der Waals surface area contributed by atoms with Crippen LogP contribution in [0.1, 0.15) is 12.5 Å². The quantitative estimate of drug-likeness (QED) is 0.840. The van der Waals surface area contributed by atoms with Crippen molar-refractivity contribution >= 4 is 15.7 Å². The monoisotopic (exact) mass is 217 g/mol. The van der Waals surface area contributed by atoms with Crippen molar-refractivity contribution in [1.29, 1.82) is 0 Å². The van der Waals surface area contributed by atoms with Gasteiger partial charge in [-0.3, -0.25) is 4.72 Å². The fraction of sp³-hybridized carbons (Fsp3) is 0.333. The molecule has 0 aliphatic heterocycles. The molecule has 0 bridgehead atoms. The Morgan fingerprint density at radius 1 is 1.43 bits per heavy atom. The molecule has 3 nitrogen and oxygen atoms in total. The molecule has 0 unspecified atom stereocenters. The van der Waals surface area contributed by atoms with Gasteiger partial charge in [-0.1, -0.05) is 0 Å². The van der Waals surface area contributed by atoms with Crippen LogP contribution in [-0.4, -0.2) is 14.2 Å². The maximum absolute atomic E-state index is 12.7. The van der Waals surface area contributed by atoms with Crippen molar-refractivity contribution in [3.63, 3.8) is 0 Å². The molecule has 0 radical (unpaired) electrons. The van der Waals surface area contributed by atoms with E-state index >= 15 is 0 Å². The van der Waals surface area contributed by atoms with E-state index in [1.54, 1.807) is 13.8 Å². The molecule has 0 aromatic heterocycles. The van der Waals surface area contributed by atoms with E-state index in [2.05, 4.69) is 4.72 Å². The second-order valence-electron chi connectivity index (χ2n) is 2.96. The van der Waals surface area contributed by atoms with Gasteiger partial charge in [0.25, 0.3) is 0 Å². The van der Waals surface area contributed by atoms with Crippen LogP contribution < -0.4 is 4.72 Å². The standard InChI is InChI=1S/C9H12FNO2S/c1-3-14(12,13)11-9-5-4-8(10)6-7(9)2/h4-6,11H,3H2,1-2H3. The third-order valence-corrected chi connectivity index (χ3v) is 3.12. The van der Waals surface area contributed by atoms with Crippen molar-refractivity contribution in [2.75, 3.05) is 10.5 Å². The van der Waals surface area contributed by atoms with Gasteiger partial charge in [0, 0.05) is 0 Å². The Bertz CT molecular complexity index is 428. The zero-order valence-corrected chi connectivity index (χ0v) is 8.86. The number of hydrogen-bond donors (Lipinski definition) is 1. The number of anilines is 1. The molecule has 5 heteroatoms. The van der Waals surface area contributed by atoms with Crippen LogP contribution in [0, 0.1) is 12.7 Å². The summed E-state index contributed by atoms with van der Waals surface area (Å²) in [6, 6.07) is 3.92. The minimum absolute atomic E-state index is 0.00379. The zero-order valence-electron chi connectivity index (χ0n) is 8.04. The second-order valence-corrected chi connectivity index (χ2v) is 4.98. The molecule has 1 aromatic carbocycles. The van der Waals surface area contributed by atoms with Crippen LogP contribution in [0.3, 0.4) is 0 Å². The number of nitrogens with one attached hydrogen (secondary N) is 1. The van der Waals surface area contributed by atoms with E-state index in [1.807, 2.05) is 0 Å². The minimum Gasteiger partial charge on any atom is -0.283 e. The minimum atomic E-state index is -3.28. The number of benzene rings is 1. The van der Waals surface area contributed by atoms with Gasteiger partial charge >= 0.3 is 0 Å². The molecular formula is C9H12FNO2S. The van der Waals surface area contributed by atoms with Crippen LogP contribution in [0.5, 0.6) is 0 Å². The molecule has 1 rings (SSSR count). The average Bonchev–Trinajstić information content (AvgIpc) is 2.10. The summed E-state index contributed by atoms with van der Waals surface area (Å²) < 4.78 is 37.5. The molecule has 0 spiro atoms. The molecule has 1 N–H and O–H groups in total. The van der Waals surface area contributed by atoms with Crippen LogP contribution in [0.15, 0.2) is 18.2 Å². The lowest BCUT2D eigenvalue weighted by Crippen LogP contribution is -2.15. The highest BCUT2D eigenvalue weighted by Crippen LogP contribution is 2.16. The first-order valence-corrected chi connectivity index (χ1v) is 5.86. The third-order valence-electron chi connectivity index (χ3n) is 1.83.